The van der Waals surface area contributed by atoms with Crippen LogP contribution in [0.5, 0.6) is 0 Å². The molecule has 1 saturated heterocycles. The number of anilines is 1. The predicted molar refractivity (Wildman–Crippen MR) is 66.6 cm³/mol. The van der Waals surface area contributed by atoms with Crippen LogP contribution in [0.4, 0.5) is 5.82 Å². The van der Waals surface area contributed by atoms with Gasteiger partial charge in [-0.1, -0.05) is 0 Å². The Morgan fingerprint density at radius 3 is 2.88 bits per heavy atom. The van der Waals surface area contributed by atoms with E-state index in [1.807, 2.05) is 0 Å². The lowest BCUT2D eigenvalue weighted by Gasteiger charge is -2.29. The number of nitrogens with zero attached hydrogens (tertiary/aromatic N) is 2. The predicted octanol–water partition coefficient (Wildman–Crippen LogP) is 0.488. The average Bonchev–Trinajstić information content (AvgIpc) is 2.32. The highest BCUT2D eigenvalue weighted by Crippen LogP contribution is 2.10. The molecular formula is C12H18N4O. The molecule has 3 N–H and O–H groups in total. The van der Waals surface area contributed by atoms with Crippen LogP contribution in [0.15, 0.2) is 18.3 Å². The zero-order chi connectivity index (χ0) is 12.3. The molecule has 1 aliphatic rings. The molecule has 1 aliphatic heterocycles. The smallest absolute Gasteiger partial charge is 0.251 e. The fraction of sp³-hybridized carbons (Fsp3) is 0.500. The second kappa shape index (κ2) is 5.14. The molecule has 0 unspecified atom stereocenters. The summed E-state index contributed by atoms with van der Waals surface area (Å²) in [6.07, 6.45) is 3.56. The van der Waals surface area contributed by atoms with Crippen LogP contribution in [0, 0.1) is 0 Å². The van der Waals surface area contributed by atoms with Crippen LogP contribution in [0.1, 0.15) is 23.2 Å². The van der Waals surface area contributed by atoms with Gasteiger partial charge in [-0.3, -0.25) is 4.79 Å². The van der Waals surface area contributed by atoms with Gasteiger partial charge in [-0.05, 0) is 45.1 Å². The van der Waals surface area contributed by atoms with E-state index in [0.29, 0.717) is 11.4 Å². The van der Waals surface area contributed by atoms with E-state index in [-0.39, 0.29) is 11.9 Å². The van der Waals surface area contributed by atoms with Gasteiger partial charge in [-0.25, -0.2) is 4.98 Å². The monoisotopic (exact) mass is 234 g/mol. The van der Waals surface area contributed by atoms with Crippen LogP contribution < -0.4 is 11.1 Å². The van der Waals surface area contributed by atoms with E-state index in [1.54, 1.807) is 18.3 Å². The summed E-state index contributed by atoms with van der Waals surface area (Å²) >= 11 is 0. The number of piperidine rings is 1. The van der Waals surface area contributed by atoms with E-state index >= 15 is 0 Å². The van der Waals surface area contributed by atoms with Gasteiger partial charge in [0.15, 0.2) is 0 Å². The zero-order valence-electron chi connectivity index (χ0n) is 10.0. The topological polar surface area (TPSA) is 71.2 Å². The third-order valence-corrected chi connectivity index (χ3v) is 3.10. The number of carbonyl (C=O) groups excluding carboxylic acids is 1. The van der Waals surface area contributed by atoms with Crippen molar-refractivity contribution in [1.82, 2.24) is 15.2 Å². The zero-order valence-corrected chi connectivity index (χ0v) is 10.0. The molecule has 0 bridgehead atoms. The van der Waals surface area contributed by atoms with Gasteiger partial charge >= 0.3 is 0 Å². The molecule has 0 aliphatic carbocycles. The normalized spacial score (nSPS) is 17.9. The van der Waals surface area contributed by atoms with Crippen LogP contribution in [0.2, 0.25) is 0 Å². The van der Waals surface area contributed by atoms with Gasteiger partial charge in [0.05, 0.1) is 0 Å². The SMILES string of the molecule is CN1CCC(NC(=O)c2ccnc(N)c2)CC1. The molecule has 0 saturated carbocycles. The molecule has 92 valence electrons. The van der Waals surface area contributed by atoms with Crippen molar-refractivity contribution in [2.75, 3.05) is 25.9 Å². The van der Waals surface area contributed by atoms with Crippen molar-refractivity contribution in [3.63, 3.8) is 0 Å². The number of nitrogen functional groups attached to an aromatic ring is 1. The van der Waals surface area contributed by atoms with Crippen LogP contribution >= 0.6 is 0 Å². The van der Waals surface area contributed by atoms with Crippen molar-refractivity contribution in [3.05, 3.63) is 23.9 Å². The number of pyridine rings is 1. The maximum absolute atomic E-state index is 11.9. The summed E-state index contributed by atoms with van der Waals surface area (Å²) in [5, 5.41) is 3.03. The van der Waals surface area contributed by atoms with Gasteiger partial charge < -0.3 is 16.0 Å². The Labute approximate surface area is 101 Å². The van der Waals surface area contributed by atoms with Gasteiger partial charge in [-0.15, -0.1) is 0 Å². The number of amides is 1. The van der Waals surface area contributed by atoms with E-state index in [4.69, 9.17) is 5.73 Å². The number of rotatable bonds is 2. The third-order valence-electron chi connectivity index (χ3n) is 3.10. The second-order valence-corrected chi connectivity index (χ2v) is 4.52. The molecule has 0 spiro atoms. The first kappa shape index (κ1) is 11.9. The molecular weight excluding hydrogens is 216 g/mol. The Morgan fingerprint density at radius 2 is 2.24 bits per heavy atom. The number of nitrogens with two attached hydrogens (primary N) is 1. The molecule has 5 nitrogen and oxygen atoms in total. The Hall–Kier alpha value is -1.62. The minimum atomic E-state index is -0.0614. The number of nitrogens with one attached hydrogen (secondary N) is 1. The van der Waals surface area contributed by atoms with Crippen molar-refractivity contribution in [3.8, 4) is 0 Å². The number of hydrogen-bond donors (Lipinski definition) is 2. The van der Waals surface area contributed by atoms with Crippen molar-refractivity contribution >= 4 is 11.7 Å². The Kier molecular flexibility index (Phi) is 3.58. The molecule has 5 heteroatoms. The summed E-state index contributed by atoms with van der Waals surface area (Å²) in [6, 6.07) is 3.55. The fourth-order valence-corrected chi connectivity index (χ4v) is 2.01. The fourth-order valence-electron chi connectivity index (χ4n) is 2.01. The second-order valence-electron chi connectivity index (χ2n) is 4.52. The number of aromatic nitrogens is 1. The van der Waals surface area contributed by atoms with Gasteiger partial charge in [0.2, 0.25) is 0 Å². The van der Waals surface area contributed by atoms with E-state index in [0.717, 1.165) is 25.9 Å². The molecule has 17 heavy (non-hydrogen) atoms. The first-order valence-corrected chi connectivity index (χ1v) is 5.86. The Balaban J connectivity index is 1.93. The summed E-state index contributed by atoms with van der Waals surface area (Å²) in [6.45, 7) is 2.06. The average molecular weight is 234 g/mol. The first-order chi connectivity index (χ1) is 8.15. The van der Waals surface area contributed by atoms with E-state index in [9.17, 15) is 4.79 Å². The maximum Gasteiger partial charge on any atom is 0.251 e. The minimum Gasteiger partial charge on any atom is -0.384 e. The summed E-state index contributed by atoms with van der Waals surface area (Å²) < 4.78 is 0. The quantitative estimate of drug-likeness (QED) is 0.781. The van der Waals surface area contributed by atoms with Gasteiger partial charge in [-0.2, -0.15) is 0 Å². The lowest BCUT2D eigenvalue weighted by molar-refractivity contribution is 0.0917. The molecule has 2 rings (SSSR count). The molecule has 0 atom stereocenters. The van der Waals surface area contributed by atoms with Gasteiger partial charge in [0.1, 0.15) is 5.82 Å². The van der Waals surface area contributed by atoms with Gasteiger partial charge in [0.25, 0.3) is 5.91 Å². The lowest BCUT2D eigenvalue weighted by atomic mass is 10.1. The van der Waals surface area contributed by atoms with Crippen molar-refractivity contribution in [2.24, 2.45) is 0 Å². The summed E-state index contributed by atoms with van der Waals surface area (Å²) in [4.78, 5) is 18.1. The van der Waals surface area contributed by atoms with Crippen LogP contribution in [-0.4, -0.2) is 42.0 Å². The molecule has 1 fully saturated rings. The first-order valence-electron chi connectivity index (χ1n) is 5.86. The molecule has 0 radical (unpaired) electrons. The van der Waals surface area contributed by atoms with Gasteiger partial charge in [0, 0.05) is 17.8 Å². The van der Waals surface area contributed by atoms with Crippen LogP contribution in [-0.2, 0) is 0 Å². The highest BCUT2D eigenvalue weighted by molar-refractivity contribution is 5.94. The Bertz CT molecular complexity index is 399. The largest absolute Gasteiger partial charge is 0.384 e. The van der Waals surface area contributed by atoms with E-state index in [2.05, 4.69) is 22.2 Å². The number of hydrogen-bond acceptors (Lipinski definition) is 4. The minimum absolute atomic E-state index is 0.0614. The highest BCUT2D eigenvalue weighted by Gasteiger charge is 2.19. The summed E-state index contributed by atoms with van der Waals surface area (Å²) in [7, 11) is 2.10. The van der Waals surface area contributed by atoms with Crippen molar-refractivity contribution in [1.29, 1.82) is 0 Å². The molecule has 1 amide bonds. The summed E-state index contributed by atoms with van der Waals surface area (Å²) in [5.41, 5.74) is 6.13. The van der Waals surface area contributed by atoms with Crippen LogP contribution in [0.25, 0.3) is 0 Å². The molecule has 2 heterocycles. The van der Waals surface area contributed by atoms with E-state index < -0.39 is 0 Å². The molecule has 1 aromatic rings. The molecule has 1 aromatic heterocycles. The maximum atomic E-state index is 11.9. The van der Waals surface area contributed by atoms with Crippen molar-refractivity contribution < 1.29 is 4.79 Å². The highest BCUT2D eigenvalue weighted by atomic mass is 16.1. The van der Waals surface area contributed by atoms with E-state index in [1.165, 1.54) is 0 Å². The van der Waals surface area contributed by atoms with Crippen LogP contribution in [0.3, 0.4) is 0 Å². The number of carbonyl (C=O) groups is 1. The standard InChI is InChI=1S/C12H18N4O/c1-16-6-3-10(4-7-16)15-12(17)9-2-5-14-11(13)8-9/h2,5,8,10H,3-4,6-7H2,1H3,(H2,13,14)(H,15,17). The lowest BCUT2D eigenvalue weighted by Crippen LogP contribution is -2.43. The Morgan fingerprint density at radius 1 is 1.53 bits per heavy atom. The third kappa shape index (κ3) is 3.17. The number of likely N-dealkylation sites (tertiary alicyclic amines) is 1. The molecule has 0 aromatic carbocycles. The summed E-state index contributed by atoms with van der Waals surface area (Å²) in [5.74, 6) is 0.315. The van der Waals surface area contributed by atoms with Crippen molar-refractivity contribution in [2.45, 2.75) is 18.9 Å².